The Balaban J connectivity index is 2.45. The van der Waals surface area contributed by atoms with Gasteiger partial charge in [0.1, 0.15) is 0 Å². The molecule has 1 atom stereocenters. The van der Waals surface area contributed by atoms with E-state index in [0.717, 1.165) is 25.6 Å². The van der Waals surface area contributed by atoms with Crippen LogP contribution in [0.4, 0.5) is 0 Å². The van der Waals surface area contributed by atoms with Crippen molar-refractivity contribution in [3.05, 3.63) is 0 Å². The van der Waals surface area contributed by atoms with Crippen LogP contribution in [-0.4, -0.2) is 49.6 Å². The highest BCUT2D eigenvalue weighted by molar-refractivity contribution is 5.79. The van der Waals surface area contributed by atoms with Crippen LogP contribution in [0.15, 0.2) is 4.99 Å². The SMILES string of the molecule is C#CCNC(=NCC1CCCN(C(C)C)C1)NCC. The van der Waals surface area contributed by atoms with Gasteiger partial charge in [-0.15, -0.1) is 6.42 Å². The lowest BCUT2D eigenvalue weighted by atomic mass is 9.97. The van der Waals surface area contributed by atoms with Crippen molar-refractivity contribution in [2.75, 3.05) is 32.7 Å². The Morgan fingerprint density at radius 2 is 2.26 bits per heavy atom. The predicted octanol–water partition coefficient (Wildman–Crippen LogP) is 1.30. The summed E-state index contributed by atoms with van der Waals surface area (Å²) in [7, 11) is 0. The minimum Gasteiger partial charge on any atom is -0.357 e. The van der Waals surface area contributed by atoms with Gasteiger partial charge in [0.15, 0.2) is 5.96 Å². The van der Waals surface area contributed by atoms with E-state index >= 15 is 0 Å². The van der Waals surface area contributed by atoms with Crippen LogP contribution in [0.25, 0.3) is 0 Å². The van der Waals surface area contributed by atoms with E-state index in [1.807, 2.05) is 0 Å². The predicted molar refractivity (Wildman–Crippen MR) is 82.2 cm³/mol. The number of aliphatic imine (C=N–C) groups is 1. The summed E-state index contributed by atoms with van der Waals surface area (Å²) in [6, 6.07) is 0.639. The quantitative estimate of drug-likeness (QED) is 0.447. The summed E-state index contributed by atoms with van der Waals surface area (Å²) in [6.45, 7) is 11.3. The maximum Gasteiger partial charge on any atom is 0.192 e. The molecule has 1 unspecified atom stereocenters. The first kappa shape index (κ1) is 15.8. The maximum absolute atomic E-state index is 5.26. The first-order valence-corrected chi connectivity index (χ1v) is 7.37. The van der Waals surface area contributed by atoms with Gasteiger partial charge in [-0.25, -0.2) is 0 Å². The van der Waals surface area contributed by atoms with E-state index in [2.05, 4.69) is 47.2 Å². The van der Waals surface area contributed by atoms with Gasteiger partial charge in [0, 0.05) is 25.7 Å². The zero-order valence-electron chi connectivity index (χ0n) is 12.6. The van der Waals surface area contributed by atoms with Gasteiger partial charge in [-0.2, -0.15) is 0 Å². The highest BCUT2D eigenvalue weighted by Crippen LogP contribution is 2.18. The molecule has 0 bridgehead atoms. The average Bonchev–Trinajstić information content (AvgIpc) is 2.42. The summed E-state index contributed by atoms with van der Waals surface area (Å²) < 4.78 is 0. The second-order valence-corrected chi connectivity index (χ2v) is 5.37. The summed E-state index contributed by atoms with van der Waals surface area (Å²) in [5.41, 5.74) is 0. The van der Waals surface area contributed by atoms with Crippen LogP contribution < -0.4 is 10.6 Å². The van der Waals surface area contributed by atoms with E-state index in [1.54, 1.807) is 0 Å². The minimum atomic E-state index is 0.522. The molecule has 4 nitrogen and oxygen atoms in total. The molecule has 0 amide bonds. The molecule has 1 aliphatic heterocycles. The number of guanidine groups is 1. The Morgan fingerprint density at radius 1 is 1.47 bits per heavy atom. The van der Waals surface area contributed by atoms with Crippen molar-refractivity contribution >= 4 is 5.96 Å². The summed E-state index contributed by atoms with van der Waals surface area (Å²) in [5.74, 6) is 4.08. The molecule has 4 heteroatoms. The number of rotatable bonds is 5. The molecule has 0 aromatic carbocycles. The smallest absolute Gasteiger partial charge is 0.192 e. The van der Waals surface area contributed by atoms with Crippen molar-refractivity contribution in [3.8, 4) is 12.3 Å². The highest BCUT2D eigenvalue weighted by atomic mass is 15.2. The molecule has 1 saturated heterocycles. The van der Waals surface area contributed by atoms with Crippen LogP contribution >= 0.6 is 0 Å². The van der Waals surface area contributed by atoms with Gasteiger partial charge in [0.05, 0.1) is 6.54 Å². The van der Waals surface area contributed by atoms with Crippen LogP contribution in [0.2, 0.25) is 0 Å². The third-order valence-corrected chi connectivity index (χ3v) is 3.49. The van der Waals surface area contributed by atoms with Gasteiger partial charge in [0.2, 0.25) is 0 Å². The molecular weight excluding hydrogens is 236 g/mol. The Kier molecular flexibility index (Phi) is 7.35. The first-order valence-electron chi connectivity index (χ1n) is 7.37. The average molecular weight is 264 g/mol. The van der Waals surface area contributed by atoms with Crippen molar-refractivity contribution in [3.63, 3.8) is 0 Å². The van der Waals surface area contributed by atoms with E-state index in [9.17, 15) is 0 Å². The lowest BCUT2D eigenvalue weighted by Gasteiger charge is -2.34. The molecular formula is C15H28N4. The zero-order chi connectivity index (χ0) is 14.1. The van der Waals surface area contributed by atoms with Gasteiger partial charge in [0.25, 0.3) is 0 Å². The molecule has 108 valence electrons. The number of nitrogens with one attached hydrogen (secondary N) is 2. The molecule has 0 aromatic heterocycles. The molecule has 2 N–H and O–H groups in total. The lowest BCUT2D eigenvalue weighted by Crippen LogP contribution is -2.42. The fourth-order valence-electron chi connectivity index (χ4n) is 2.41. The third-order valence-electron chi connectivity index (χ3n) is 3.49. The van der Waals surface area contributed by atoms with Gasteiger partial charge in [-0.05, 0) is 46.1 Å². The molecule has 0 aliphatic carbocycles. The molecule has 1 aliphatic rings. The van der Waals surface area contributed by atoms with Crippen LogP contribution in [-0.2, 0) is 0 Å². The first-order chi connectivity index (χ1) is 9.17. The second kappa shape index (κ2) is 8.82. The fourth-order valence-corrected chi connectivity index (χ4v) is 2.41. The van der Waals surface area contributed by atoms with Gasteiger partial charge in [-0.1, -0.05) is 5.92 Å². The van der Waals surface area contributed by atoms with Crippen LogP contribution in [0.5, 0.6) is 0 Å². The molecule has 19 heavy (non-hydrogen) atoms. The van der Waals surface area contributed by atoms with Crippen molar-refractivity contribution in [1.29, 1.82) is 0 Å². The van der Waals surface area contributed by atoms with Crippen molar-refractivity contribution < 1.29 is 0 Å². The summed E-state index contributed by atoms with van der Waals surface area (Å²) in [5, 5.41) is 6.35. The molecule has 1 heterocycles. The van der Waals surface area contributed by atoms with Crippen LogP contribution in [0, 0.1) is 18.3 Å². The monoisotopic (exact) mass is 264 g/mol. The molecule has 1 fully saturated rings. The van der Waals surface area contributed by atoms with Gasteiger partial charge >= 0.3 is 0 Å². The second-order valence-electron chi connectivity index (χ2n) is 5.37. The van der Waals surface area contributed by atoms with E-state index in [0.29, 0.717) is 18.5 Å². The summed E-state index contributed by atoms with van der Waals surface area (Å²) >= 11 is 0. The Morgan fingerprint density at radius 3 is 2.89 bits per heavy atom. The lowest BCUT2D eigenvalue weighted by molar-refractivity contribution is 0.143. The summed E-state index contributed by atoms with van der Waals surface area (Å²) in [4.78, 5) is 7.19. The topological polar surface area (TPSA) is 39.7 Å². The Bertz CT molecular complexity index is 317. The number of terminal acetylenes is 1. The summed E-state index contributed by atoms with van der Waals surface area (Å²) in [6.07, 6.45) is 7.82. The number of likely N-dealkylation sites (tertiary alicyclic amines) is 1. The van der Waals surface area contributed by atoms with Crippen molar-refractivity contribution in [1.82, 2.24) is 15.5 Å². The number of hydrogen-bond acceptors (Lipinski definition) is 2. The van der Waals surface area contributed by atoms with E-state index in [1.165, 1.54) is 19.4 Å². The van der Waals surface area contributed by atoms with Gasteiger partial charge < -0.3 is 15.5 Å². The molecule has 1 rings (SSSR count). The minimum absolute atomic E-state index is 0.522. The van der Waals surface area contributed by atoms with Crippen molar-refractivity contribution in [2.45, 2.75) is 39.7 Å². The van der Waals surface area contributed by atoms with Gasteiger partial charge in [-0.3, -0.25) is 4.99 Å². The van der Waals surface area contributed by atoms with E-state index in [-0.39, 0.29) is 0 Å². The van der Waals surface area contributed by atoms with Crippen LogP contribution in [0.1, 0.15) is 33.6 Å². The fraction of sp³-hybridized carbons (Fsp3) is 0.800. The number of hydrogen-bond donors (Lipinski definition) is 2. The number of piperidine rings is 1. The molecule has 0 saturated carbocycles. The molecule has 0 aromatic rings. The largest absolute Gasteiger partial charge is 0.357 e. The van der Waals surface area contributed by atoms with Crippen molar-refractivity contribution in [2.24, 2.45) is 10.9 Å². The third kappa shape index (κ3) is 5.98. The molecule has 0 radical (unpaired) electrons. The Labute approximate surface area is 118 Å². The van der Waals surface area contributed by atoms with Crippen LogP contribution in [0.3, 0.4) is 0 Å². The normalized spacial score (nSPS) is 21.2. The standard InChI is InChI=1S/C15H28N4/c1-5-9-17-15(16-6-2)18-11-14-8-7-10-19(12-14)13(3)4/h1,13-14H,6-12H2,2-4H3,(H2,16,17,18). The Hall–Kier alpha value is -1.21. The van der Waals surface area contributed by atoms with E-state index in [4.69, 9.17) is 6.42 Å². The highest BCUT2D eigenvalue weighted by Gasteiger charge is 2.21. The molecule has 0 spiro atoms. The maximum atomic E-state index is 5.26. The number of nitrogens with zero attached hydrogens (tertiary/aromatic N) is 2. The van der Waals surface area contributed by atoms with E-state index < -0.39 is 0 Å². The zero-order valence-corrected chi connectivity index (χ0v) is 12.6.